The average Bonchev–Trinajstić information content (AvgIpc) is 3.40. The summed E-state index contributed by atoms with van der Waals surface area (Å²) in [5.41, 5.74) is 6.85. The zero-order valence-corrected chi connectivity index (χ0v) is 17.5. The Hall–Kier alpha value is -3.89. The Balaban J connectivity index is 1.33. The van der Waals surface area contributed by atoms with Gasteiger partial charge in [0.2, 0.25) is 0 Å². The van der Waals surface area contributed by atoms with E-state index < -0.39 is 11.7 Å². The van der Waals surface area contributed by atoms with Gasteiger partial charge in [0.25, 0.3) is 5.91 Å². The number of pyridine rings is 2. The van der Waals surface area contributed by atoms with Crippen LogP contribution < -0.4 is 10.5 Å². The summed E-state index contributed by atoms with van der Waals surface area (Å²) in [6.45, 7) is 0.756. The largest absolute Gasteiger partial charge is 0.489 e. The second-order valence-electron chi connectivity index (χ2n) is 7.92. The van der Waals surface area contributed by atoms with E-state index in [0.29, 0.717) is 47.4 Å². The molecule has 4 heterocycles. The Bertz CT molecular complexity index is 1370. The fourth-order valence-corrected chi connectivity index (χ4v) is 4.06. The van der Waals surface area contributed by atoms with Gasteiger partial charge in [-0.3, -0.25) is 9.48 Å². The number of halogens is 3. The van der Waals surface area contributed by atoms with Gasteiger partial charge in [0.15, 0.2) is 0 Å². The quantitative estimate of drug-likeness (QED) is 0.507. The second-order valence-corrected chi connectivity index (χ2v) is 7.92. The lowest BCUT2D eigenvalue weighted by atomic mass is 10.1. The van der Waals surface area contributed by atoms with Crippen LogP contribution in [0.3, 0.4) is 0 Å². The molecule has 1 amide bonds. The number of rotatable bonds is 3. The molecule has 0 aliphatic carbocycles. The van der Waals surface area contributed by atoms with E-state index in [1.807, 2.05) is 0 Å². The van der Waals surface area contributed by atoms with Gasteiger partial charge in [-0.1, -0.05) is 0 Å². The lowest BCUT2D eigenvalue weighted by molar-refractivity contribution is -0.137. The van der Waals surface area contributed by atoms with Crippen molar-refractivity contribution in [3.05, 3.63) is 54.0 Å². The van der Waals surface area contributed by atoms with Gasteiger partial charge in [-0.2, -0.15) is 18.3 Å². The second kappa shape index (κ2) is 7.61. The molecule has 1 aliphatic heterocycles. The van der Waals surface area contributed by atoms with E-state index in [9.17, 15) is 18.0 Å². The Labute approximate surface area is 185 Å². The third-order valence-corrected chi connectivity index (χ3v) is 5.73. The van der Waals surface area contributed by atoms with Crippen LogP contribution in [0.15, 0.2) is 42.7 Å². The van der Waals surface area contributed by atoms with Gasteiger partial charge in [0.05, 0.1) is 40.9 Å². The summed E-state index contributed by atoms with van der Waals surface area (Å²) in [7, 11) is 1.78. The standard InChI is InChI=1S/C22H19F3N6O2/c1-30-19-15-8-17(27-10-18(15)29-20(26)16(19)9-28-30)21(32)31-7-6-14(11-31)33-13-4-2-12(3-5-13)22(23,24)25/h2-5,8-10,14H,6-7,11H2,1H3,(H2,26,29)/t14-/m0/s1. The lowest BCUT2D eigenvalue weighted by Gasteiger charge is -2.17. The first-order valence-electron chi connectivity index (χ1n) is 10.2. The normalized spacial score (nSPS) is 16.6. The fourth-order valence-electron chi connectivity index (χ4n) is 4.06. The number of likely N-dealkylation sites (tertiary alicyclic amines) is 1. The predicted molar refractivity (Wildman–Crippen MR) is 115 cm³/mol. The van der Waals surface area contributed by atoms with Crippen LogP contribution in [0.5, 0.6) is 5.75 Å². The molecule has 33 heavy (non-hydrogen) atoms. The number of carbonyl (C=O) groups is 1. The third kappa shape index (κ3) is 3.79. The van der Waals surface area contributed by atoms with E-state index >= 15 is 0 Å². The van der Waals surface area contributed by atoms with Crippen LogP contribution in [0, 0.1) is 0 Å². The van der Waals surface area contributed by atoms with Crippen LogP contribution in [0.2, 0.25) is 0 Å². The molecule has 0 radical (unpaired) electrons. The molecule has 0 spiro atoms. The molecule has 2 N–H and O–H groups in total. The molecule has 3 aromatic heterocycles. The van der Waals surface area contributed by atoms with E-state index in [2.05, 4.69) is 15.1 Å². The van der Waals surface area contributed by atoms with Crippen molar-refractivity contribution >= 4 is 33.5 Å². The zero-order chi connectivity index (χ0) is 23.3. The summed E-state index contributed by atoms with van der Waals surface area (Å²) in [5.74, 6) is 0.408. The minimum Gasteiger partial charge on any atom is -0.489 e. The van der Waals surface area contributed by atoms with Crippen molar-refractivity contribution < 1.29 is 22.7 Å². The number of nitrogens with two attached hydrogens (primary N) is 1. The molecular weight excluding hydrogens is 437 g/mol. The molecular formula is C22H19F3N6O2. The number of aryl methyl sites for hydroxylation is 1. The molecule has 0 bridgehead atoms. The van der Waals surface area contributed by atoms with Crippen LogP contribution in [-0.2, 0) is 13.2 Å². The van der Waals surface area contributed by atoms with Gasteiger partial charge >= 0.3 is 6.18 Å². The van der Waals surface area contributed by atoms with Crippen LogP contribution >= 0.6 is 0 Å². The SMILES string of the molecule is Cn1ncc2c(N)nc3cnc(C(=O)N4CC[C@H](Oc5ccc(C(F)(F)F)cc5)C4)cc3c21. The summed E-state index contributed by atoms with van der Waals surface area (Å²) < 4.78 is 45.6. The van der Waals surface area contributed by atoms with Crippen LogP contribution in [0.4, 0.5) is 19.0 Å². The van der Waals surface area contributed by atoms with Gasteiger partial charge in [-0.15, -0.1) is 0 Å². The molecule has 1 aromatic carbocycles. The molecule has 11 heteroatoms. The van der Waals surface area contributed by atoms with Crippen molar-refractivity contribution in [3.8, 4) is 5.75 Å². The summed E-state index contributed by atoms with van der Waals surface area (Å²) in [6, 6.07) is 6.21. The maximum atomic E-state index is 13.1. The Morgan fingerprint density at radius 2 is 1.94 bits per heavy atom. The van der Waals surface area contributed by atoms with Crippen LogP contribution in [0.25, 0.3) is 21.8 Å². The number of carbonyl (C=O) groups excluding carboxylic acids is 1. The van der Waals surface area contributed by atoms with E-state index in [1.54, 1.807) is 28.9 Å². The summed E-state index contributed by atoms with van der Waals surface area (Å²) >= 11 is 0. The monoisotopic (exact) mass is 456 g/mol. The highest BCUT2D eigenvalue weighted by Crippen LogP contribution is 2.31. The zero-order valence-electron chi connectivity index (χ0n) is 17.5. The van der Waals surface area contributed by atoms with Crippen LogP contribution in [0.1, 0.15) is 22.5 Å². The van der Waals surface area contributed by atoms with Crippen molar-refractivity contribution in [3.63, 3.8) is 0 Å². The molecule has 0 saturated carbocycles. The minimum atomic E-state index is -4.40. The molecule has 1 fully saturated rings. The highest BCUT2D eigenvalue weighted by molar-refractivity contribution is 6.09. The van der Waals surface area contributed by atoms with Crippen molar-refractivity contribution in [1.82, 2.24) is 24.6 Å². The van der Waals surface area contributed by atoms with Crippen LogP contribution in [-0.4, -0.2) is 49.7 Å². The number of anilines is 1. The summed E-state index contributed by atoms with van der Waals surface area (Å²) in [5, 5.41) is 5.64. The lowest BCUT2D eigenvalue weighted by Crippen LogP contribution is -2.31. The van der Waals surface area contributed by atoms with Gasteiger partial charge < -0.3 is 15.4 Å². The van der Waals surface area contributed by atoms with E-state index in [-0.39, 0.29) is 17.7 Å². The van der Waals surface area contributed by atoms with Crippen molar-refractivity contribution in [2.75, 3.05) is 18.8 Å². The van der Waals surface area contributed by atoms with Crippen molar-refractivity contribution in [2.45, 2.75) is 18.7 Å². The number of ether oxygens (including phenoxy) is 1. The molecule has 1 atom stereocenters. The highest BCUT2D eigenvalue weighted by Gasteiger charge is 2.31. The summed E-state index contributed by atoms with van der Waals surface area (Å²) in [4.78, 5) is 23.3. The van der Waals surface area contributed by atoms with E-state index in [4.69, 9.17) is 10.5 Å². The maximum absolute atomic E-state index is 13.1. The van der Waals surface area contributed by atoms with Crippen molar-refractivity contribution in [2.24, 2.45) is 7.05 Å². The molecule has 4 aromatic rings. The number of hydrogen-bond donors (Lipinski definition) is 1. The topological polar surface area (TPSA) is 99.2 Å². The fraction of sp³-hybridized carbons (Fsp3) is 0.273. The Kier molecular flexibility index (Phi) is 4.84. The Morgan fingerprint density at radius 1 is 1.18 bits per heavy atom. The predicted octanol–water partition coefficient (Wildman–Crippen LogP) is 3.41. The van der Waals surface area contributed by atoms with Crippen molar-refractivity contribution in [1.29, 1.82) is 0 Å². The molecule has 170 valence electrons. The number of amides is 1. The van der Waals surface area contributed by atoms with Gasteiger partial charge in [-0.25, -0.2) is 9.97 Å². The number of alkyl halides is 3. The molecule has 0 unspecified atom stereocenters. The van der Waals surface area contributed by atoms with E-state index in [1.165, 1.54) is 18.3 Å². The number of benzene rings is 1. The first kappa shape index (κ1) is 21.0. The Morgan fingerprint density at radius 3 is 2.67 bits per heavy atom. The minimum absolute atomic E-state index is 0.256. The molecule has 5 rings (SSSR count). The first-order chi connectivity index (χ1) is 15.7. The smallest absolute Gasteiger partial charge is 0.416 e. The van der Waals surface area contributed by atoms with Gasteiger partial charge in [-0.05, 0) is 30.3 Å². The molecule has 1 saturated heterocycles. The number of fused-ring (bicyclic) bond motifs is 3. The van der Waals surface area contributed by atoms with Gasteiger partial charge in [0, 0.05) is 25.4 Å². The number of hydrogen-bond acceptors (Lipinski definition) is 6. The first-order valence-corrected chi connectivity index (χ1v) is 10.2. The summed E-state index contributed by atoms with van der Waals surface area (Å²) in [6.07, 6.45) is -1.02. The number of nitrogens with zero attached hydrogens (tertiary/aromatic N) is 5. The average molecular weight is 456 g/mol. The van der Waals surface area contributed by atoms with E-state index in [0.717, 1.165) is 17.6 Å². The third-order valence-electron chi connectivity index (χ3n) is 5.73. The molecule has 1 aliphatic rings. The number of aromatic nitrogens is 4. The maximum Gasteiger partial charge on any atom is 0.416 e. The highest BCUT2D eigenvalue weighted by atomic mass is 19.4. The number of nitrogen functional groups attached to an aromatic ring is 1. The molecule has 8 nitrogen and oxygen atoms in total. The van der Waals surface area contributed by atoms with Gasteiger partial charge in [0.1, 0.15) is 23.4 Å².